The van der Waals surface area contributed by atoms with E-state index in [1.807, 2.05) is 0 Å². The van der Waals surface area contributed by atoms with E-state index in [-0.39, 0.29) is 0 Å². The van der Waals surface area contributed by atoms with Crippen LogP contribution in [0.2, 0.25) is 0 Å². The van der Waals surface area contributed by atoms with Crippen LogP contribution in [0, 0.1) is 0 Å². The van der Waals surface area contributed by atoms with Crippen LogP contribution in [0.25, 0.3) is 21.5 Å². The van der Waals surface area contributed by atoms with E-state index >= 15 is 0 Å². The molecule has 0 N–H and O–H groups in total. The first-order valence-corrected chi connectivity index (χ1v) is 11.2. The maximum absolute atomic E-state index is 6.83. The molecule has 3 aromatic carbocycles. The van der Waals surface area contributed by atoms with Crippen LogP contribution in [0.1, 0.15) is 13.8 Å². The number of hydrogen-bond donors (Lipinski definition) is 0. The van der Waals surface area contributed by atoms with Crippen molar-refractivity contribution in [3.05, 3.63) is 60.7 Å². The quantitative estimate of drug-likeness (QED) is 0.279. The molecule has 2 nitrogen and oxygen atoms in total. The van der Waals surface area contributed by atoms with Gasteiger partial charge >= 0.3 is 142 Å². The van der Waals surface area contributed by atoms with Crippen LogP contribution >= 0.6 is 7.06 Å². The van der Waals surface area contributed by atoms with Gasteiger partial charge < -0.3 is 0 Å². The summed E-state index contributed by atoms with van der Waals surface area (Å²) in [5, 5.41) is 4.77. The zero-order valence-electron chi connectivity index (χ0n) is 14.2. The molecule has 24 heavy (non-hydrogen) atoms. The Hall–Kier alpha value is -2.05. The fourth-order valence-corrected chi connectivity index (χ4v) is 7.95. The number of fused-ring (bicyclic) bond motifs is 6. The van der Waals surface area contributed by atoms with Crippen LogP contribution in [0.4, 0.5) is 0 Å². The maximum atomic E-state index is 6.83. The van der Waals surface area contributed by atoms with Crippen molar-refractivity contribution in [3.63, 3.8) is 0 Å². The topological polar surface area (TPSA) is 18.5 Å². The normalized spacial score (nSPS) is 27.5. The van der Waals surface area contributed by atoms with Gasteiger partial charge in [-0.15, -0.1) is 0 Å². The minimum absolute atomic E-state index is 0.302. The Labute approximate surface area is 142 Å². The fraction of sp³-hybridized carbons (Fsp3) is 0.238. The van der Waals surface area contributed by atoms with Gasteiger partial charge in [-0.05, 0) is 0 Å². The predicted molar refractivity (Wildman–Crippen MR) is 104 cm³/mol. The zero-order valence-corrected chi connectivity index (χ0v) is 15.1. The third kappa shape index (κ3) is 1.51. The van der Waals surface area contributed by atoms with Crippen LogP contribution in [0.5, 0.6) is 11.5 Å². The molecule has 2 aliphatic rings. The first kappa shape index (κ1) is 14.3. The Morgan fingerprint density at radius 2 is 1.04 bits per heavy atom. The van der Waals surface area contributed by atoms with Gasteiger partial charge in [-0.3, -0.25) is 0 Å². The van der Waals surface area contributed by atoms with Crippen LogP contribution < -0.4 is 9.05 Å². The molecule has 0 fully saturated rings. The van der Waals surface area contributed by atoms with Gasteiger partial charge in [0, 0.05) is 0 Å². The van der Waals surface area contributed by atoms with E-state index in [9.17, 15) is 0 Å². The second-order valence-electron chi connectivity index (χ2n) is 7.32. The number of allylic oxidation sites excluding steroid dienone is 2. The predicted octanol–water partition coefficient (Wildman–Crippen LogP) is 6.12. The van der Waals surface area contributed by atoms with E-state index in [0.29, 0.717) is 11.3 Å². The van der Waals surface area contributed by atoms with E-state index in [1.165, 1.54) is 10.8 Å². The van der Waals surface area contributed by atoms with Crippen molar-refractivity contribution < 1.29 is 9.05 Å². The molecular weight excluding hydrogens is 315 g/mol. The molecule has 0 aromatic heterocycles. The molecule has 0 saturated carbocycles. The van der Waals surface area contributed by atoms with E-state index in [1.54, 1.807) is 0 Å². The standard InChI is InChI=1S/C21H21O2P/c1-14-12-13-15(2)24(14,3)22-20-18-10-6-4-8-16(18)17-9-5-7-11-19(17)21(20)23-24/h4-15H,1-3H3/t14-,15+. The summed E-state index contributed by atoms with van der Waals surface area (Å²) in [6.45, 7) is 6.70. The van der Waals surface area contributed by atoms with Gasteiger partial charge in [0.15, 0.2) is 0 Å². The molecule has 0 amide bonds. The summed E-state index contributed by atoms with van der Waals surface area (Å²) in [7, 11) is -2.82. The van der Waals surface area contributed by atoms with Crippen LogP contribution in [-0.4, -0.2) is 18.0 Å². The third-order valence-electron chi connectivity index (χ3n) is 6.11. The number of rotatable bonds is 0. The third-order valence-corrected chi connectivity index (χ3v) is 11.7. The monoisotopic (exact) mass is 336 g/mol. The van der Waals surface area contributed by atoms with Crippen molar-refractivity contribution >= 4 is 28.6 Å². The summed E-state index contributed by atoms with van der Waals surface area (Å²) in [5.74, 6) is 1.87. The molecule has 0 bridgehead atoms. The van der Waals surface area contributed by atoms with Crippen molar-refractivity contribution in [2.45, 2.75) is 25.2 Å². The van der Waals surface area contributed by atoms with E-state index in [2.05, 4.69) is 81.2 Å². The zero-order chi connectivity index (χ0) is 16.6. The van der Waals surface area contributed by atoms with Crippen LogP contribution in [0.3, 0.4) is 0 Å². The Bertz CT molecular complexity index is 956. The first-order valence-electron chi connectivity index (χ1n) is 8.55. The van der Waals surface area contributed by atoms with Gasteiger partial charge in [0.2, 0.25) is 0 Å². The Morgan fingerprint density at radius 1 is 0.667 bits per heavy atom. The van der Waals surface area contributed by atoms with Crippen molar-refractivity contribution in [1.29, 1.82) is 0 Å². The molecule has 3 aromatic rings. The fourth-order valence-electron chi connectivity index (χ4n) is 4.18. The van der Waals surface area contributed by atoms with Gasteiger partial charge in [-0.1, -0.05) is 0 Å². The Kier molecular flexibility index (Phi) is 2.57. The molecule has 0 unspecified atom stereocenters. The molecule has 0 saturated heterocycles. The van der Waals surface area contributed by atoms with Crippen molar-refractivity contribution in [2.75, 3.05) is 6.66 Å². The van der Waals surface area contributed by atoms with Crippen molar-refractivity contribution in [2.24, 2.45) is 0 Å². The Balaban J connectivity index is 1.90. The molecule has 3 heteroatoms. The molecule has 5 rings (SSSR count). The molecule has 1 spiro atoms. The first-order chi connectivity index (χ1) is 11.5. The van der Waals surface area contributed by atoms with Gasteiger partial charge in [0.1, 0.15) is 0 Å². The second-order valence-corrected chi connectivity index (χ2v) is 12.4. The summed E-state index contributed by atoms with van der Waals surface area (Å²) >= 11 is 0. The number of hydrogen-bond acceptors (Lipinski definition) is 2. The van der Waals surface area contributed by atoms with Gasteiger partial charge in [0.25, 0.3) is 0 Å². The summed E-state index contributed by atoms with van der Waals surface area (Å²) in [5.41, 5.74) is 0.604. The van der Waals surface area contributed by atoms with E-state index < -0.39 is 7.06 Å². The second kappa shape index (κ2) is 4.32. The van der Waals surface area contributed by atoms with Crippen molar-refractivity contribution in [3.8, 4) is 11.5 Å². The molecule has 2 aliphatic heterocycles. The van der Waals surface area contributed by atoms with E-state index in [0.717, 1.165) is 22.3 Å². The average molecular weight is 336 g/mol. The molecule has 0 aliphatic carbocycles. The molecule has 122 valence electrons. The van der Waals surface area contributed by atoms with Gasteiger partial charge in [-0.2, -0.15) is 0 Å². The average Bonchev–Trinajstić information content (AvgIpc) is 3.06. The van der Waals surface area contributed by atoms with E-state index in [4.69, 9.17) is 9.05 Å². The SMILES string of the molecule is C[C@@H]1C=C[C@H](C)P12(C)Oc1c(c3ccccc3c3ccccc13)O2. The molecule has 2 atom stereocenters. The summed E-state index contributed by atoms with van der Waals surface area (Å²) < 4.78 is 13.7. The minimum atomic E-state index is -2.82. The Morgan fingerprint density at radius 3 is 1.46 bits per heavy atom. The molecule has 2 heterocycles. The van der Waals surface area contributed by atoms with Crippen LogP contribution in [-0.2, 0) is 0 Å². The summed E-state index contributed by atoms with van der Waals surface area (Å²) in [4.78, 5) is 0. The van der Waals surface area contributed by atoms with Crippen molar-refractivity contribution in [1.82, 2.24) is 0 Å². The van der Waals surface area contributed by atoms with Gasteiger partial charge in [0.05, 0.1) is 0 Å². The number of benzene rings is 3. The molecule has 0 radical (unpaired) electrons. The van der Waals surface area contributed by atoms with Gasteiger partial charge in [-0.25, -0.2) is 0 Å². The summed E-state index contributed by atoms with van der Waals surface area (Å²) in [6, 6.07) is 17.0. The van der Waals surface area contributed by atoms with Crippen LogP contribution in [0.15, 0.2) is 60.7 Å². The summed E-state index contributed by atoms with van der Waals surface area (Å²) in [6.07, 6.45) is 4.53. The molecular formula is C21H21O2P.